The van der Waals surface area contributed by atoms with Crippen LogP contribution in [0.4, 0.5) is 0 Å². The SMILES string of the molecule is CCn1nccc1C(NC)C1C2CC3CC(C2)CC1C3. The van der Waals surface area contributed by atoms with Crippen molar-refractivity contribution >= 4 is 0 Å². The highest BCUT2D eigenvalue weighted by Gasteiger charge is 2.50. The Balaban J connectivity index is 1.65. The second kappa shape index (κ2) is 4.87. The third-order valence-corrected chi connectivity index (χ3v) is 6.36. The molecule has 1 aromatic heterocycles. The zero-order chi connectivity index (χ0) is 13.7. The van der Waals surface area contributed by atoms with E-state index < -0.39 is 0 Å². The number of nitrogens with zero attached hydrogens (tertiary/aromatic N) is 2. The van der Waals surface area contributed by atoms with E-state index in [1.165, 1.54) is 37.8 Å². The molecule has 1 N–H and O–H groups in total. The molecule has 20 heavy (non-hydrogen) atoms. The predicted molar refractivity (Wildman–Crippen MR) is 80.2 cm³/mol. The van der Waals surface area contributed by atoms with Gasteiger partial charge in [-0.25, -0.2) is 0 Å². The molecule has 4 aliphatic carbocycles. The van der Waals surface area contributed by atoms with Crippen molar-refractivity contribution in [1.82, 2.24) is 15.1 Å². The molecule has 110 valence electrons. The van der Waals surface area contributed by atoms with Crippen LogP contribution in [0.25, 0.3) is 0 Å². The molecule has 1 heterocycles. The topological polar surface area (TPSA) is 29.9 Å². The number of hydrogen-bond donors (Lipinski definition) is 1. The Labute approximate surface area is 122 Å². The summed E-state index contributed by atoms with van der Waals surface area (Å²) in [5.74, 6) is 4.88. The second-order valence-corrected chi connectivity index (χ2v) is 7.35. The summed E-state index contributed by atoms with van der Waals surface area (Å²) < 4.78 is 2.19. The van der Waals surface area contributed by atoms with Crippen molar-refractivity contribution in [2.75, 3.05) is 7.05 Å². The summed E-state index contributed by atoms with van der Waals surface area (Å²) in [5.41, 5.74) is 1.41. The Morgan fingerprint density at radius 1 is 1.20 bits per heavy atom. The molecule has 4 aliphatic rings. The fraction of sp³-hybridized carbons (Fsp3) is 0.824. The highest BCUT2D eigenvalue weighted by Crippen LogP contribution is 2.59. The van der Waals surface area contributed by atoms with Crippen LogP contribution in [0, 0.1) is 29.6 Å². The molecule has 0 radical (unpaired) electrons. The molecule has 0 saturated heterocycles. The largest absolute Gasteiger partial charge is 0.311 e. The molecule has 1 unspecified atom stereocenters. The highest BCUT2D eigenvalue weighted by molar-refractivity contribution is 5.13. The van der Waals surface area contributed by atoms with Gasteiger partial charge in [-0.3, -0.25) is 4.68 Å². The van der Waals surface area contributed by atoms with Gasteiger partial charge >= 0.3 is 0 Å². The zero-order valence-electron chi connectivity index (χ0n) is 12.8. The summed E-state index contributed by atoms with van der Waals surface area (Å²) in [6, 6.07) is 2.74. The van der Waals surface area contributed by atoms with Gasteiger partial charge in [-0.05, 0) is 81.7 Å². The maximum absolute atomic E-state index is 4.49. The lowest BCUT2D eigenvalue weighted by Gasteiger charge is -2.56. The molecule has 0 spiro atoms. The number of hydrogen-bond acceptors (Lipinski definition) is 2. The van der Waals surface area contributed by atoms with Gasteiger partial charge < -0.3 is 5.32 Å². The summed E-state index contributed by atoms with van der Waals surface area (Å²) in [4.78, 5) is 0. The fourth-order valence-corrected chi connectivity index (χ4v) is 5.92. The first-order valence-corrected chi connectivity index (χ1v) is 8.49. The average Bonchev–Trinajstić information content (AvgIpc) is 2.90. The van der Waals surface area contributed by atoms with E-state index in [1.54, 1.807) is 0 Å². The molecule has 0 aliphatic heterocycles. The summed E-state index contributed by atoms with van der Waals surface area (Å²) >= 11 is 0. The third kappa shape index (κ3) is 1.86. The smallest absolute Gasteiger partial charge is 0.0556 e. The first-order chi connectivity index (χ1) is 9.80. The second-order valence-electron chi connectivity index (χ2n) is 7.35. The highest BCUT2D eigenvalue weighted by atomic mass is 15.3. The van der Waals surface area contributed by atoms with E-state index in [1.807, 2.05) is 6.20 Å². The molecule has 3 heteroatoms. The Bertz CT molecular complexity index is 450. The molecule has 4 bridgehead atoms. The Hall–Kier alpha value is -0.830. The van der Waals surface area contributed by atoms with Gasteiger partial charge in [-0.1, -0.05) is 0 Å². The van der Waals surface area contributed by atoms with E-state index in [4.69, 9.17) is 0 Å². The summed E-state index contributed by atoms with van der Waals surface area (Å²) in [6.07, 6.45) is 9.49. The summed E-state index contributed by atoms with van der Waals surface area (Å²) in [6.45, 7) is 3.17. The first kappa shape index (κ1) is 12.9. The van der Waals surface area contributed by atoms with Gasteiger partial charge in [0.15, 0.2) is 0 Å². The lowest BCUT2D eigenvalue weighted by atomic mass is 9.50. The predicted octanol–water partition coefficient (Wildman–Crippen LogP) is 3.24. The van der Waals surface area contributed by atoms with E-state index in [0.29, 0.717) is 6.04 Å². The van der Waals surface area contributed by atoms with E-state index in [2.05, 4.69) is 35.1 Å². The Morgan fingerprint density at radius 3 is 2.40 bits per heavy atom. The number of aryl methyl sites for hydroxylation is 1. The normalized spacial score (nSPS) is 40.2. The van der Waals surface area contributed by atoms with E-state index >= 15 is 0 Å². The quantitative estimate of drug-likeness (QED) is 0.912. The van der Waals surface area contributed by atoms with Gasteiger partial charge in [0.1, 0.15) is 0 Å². The van der Waals surface area contributed by atoms with Gasteiger partial charge in [-0.2, -0.15) is 5.10 Å². The van der Waals surface area contributed by atoms with Crippen LogP contribution in [-0.2, 0) is 6.54 Å². The molecule has 4 fully saturated rings. The average molecular weight is 273 g/mol. The van der Waals surface area contributed by atoms with E-state index in [-0.39, 0.29) is 0 Å². The molecular weight excluding hydrogens is 246 g/mol. The lowest BCUT2D eigenvalue weighted by molar-refractivity contribution is -0.0526. The molecule has 3 nitrogen and oxygen atoms in total. The van der Waals surface area contributed by atoms with Gasteiger partial charge in [-0.15, -0.1) is 0 Å². The molecule has 1 atom stereocenters. The van der Waals surface area contributed by atoms with E-state index in [9.17, 15) is 0 Å². The van der Waals surface area contributed by atoms with Crippen LogP contribution in [0.15, 0.2) is 12.3 Å². The minimum atomic E-state index is 0.507. The molecule has 0 amide bonds. The fourth-order valence-electron chi connectivity index (χ4n) is 5.92. The van der Waals surface area contributed by atoms with Crippen LogP contribution in [0.5, 0.6) is 0 Å². The van der Waals surface area contributed by atoms with Crippen molar-refractivity contribution in [3.05, 3.63) is 18.0 Å². The van der Waals surface area contributed by atoms with Crippen molar-refractivity contribution in [1.29, 1.82) is 0 Å². The standard InChI is InChI=1S/C17H27N3/c1-3-20-15(4-5-19-20)17(18-2)16-13-7-11-6-12(9-13)10-14(16)8-11/h4-5,11-14,16-18H,3,6-10H2,1-2H3. The van der Waals surface area contributed by atoms with Crippen molar-refractivity contribution in [2.45, 2.75) is 51.6 Å². The van der Waals surface area contributed by atoms with Gasteiger partial charge in [0.25, 0.3) is 0 Å². The van der Waals surface area contributed by atoms with Gasteiger partial charge in [0, 0.05) is 12.7 Å². The van der Waals surface area contributed by atoms with Crippen LogP contribution < -0.4 is 5.32 Å². The lowest BCUT2D eigenvalue weighted by Crippen LogP contribution is -2.49. The first-order valence-electron chi connectivity index (χ1n) is 8.49. The van der Waals surface area contributed by atoms with E-state index in [0.717, 1.165) is 36.1 Å². The van der Waals surface area contributed by atoms with Crippen LogP contribution in [0.1, 0.15) is 50.8 Å². The number of nitrogens with one attached hydrogen (secondary N) is 1. The van der Waals surface area contributed by atoms with Crippen molar-refractivity contribution < 1.29 is 0 Å². The molecule has 0 aromatic carbocycles. The maximum Gasteiger partial charge on any atom is 0.0556 e. The Kier molecular flexibility index (Phi) is 3.13. The summed E-state index contributed by atoms with van der Waals surface area (Å²) in [7, 11) is 2.14. The third-order valence-electron chi connectivity index (χ3n) is 6.36. The monoisotopic (exact) mass is 273 g/mol. The molecule has 5 rings (SSSR count). The zero-order valence-corrected chi connectivity index (χ0v) is 12.8. The van der Waals surface area contributed by atoms with Crippen LogP contribution in [0.2, 0.25) is 0 Å². The number of aromatic nitrogens is 2. The maximum atomic E-state index is 4.49. The van der Waals surface area contributed by atoms with Crippen LogP contribution in [-0.4, -0.2) is 16.8 Å². The Morgan fingerprint density at radius 2 is 1.85 bits per heavy atom. The number of rotatable bonds is 4. The van der Waals surface area contributed by atoms with Crippen LogP contribution >= 0.6 is 0 Å². The molecule has 1 aromatic rings. The van der Waals surface area contributed by atoms with Crippen molar-refractivity contribution in [2.24, 2.45) is 29.6 Å². The summed E-state index contributed by atoms with van der Waals surface area (Å²) in [5, 5.41) is 8.14. The van der Waals surface area contributed by atoms with Crippen LogP contribution in [0.3, 0.4) is 0 Å². The van der Waals surface area contributed by atoms with Gasteiger partial charge in [0.2, 0.25) is 0 Å². The van der Waals surface area contributed by atoms with Gasteiger partial charge in [0.05, 0.1) is 11.7 Å². The molecular formula is C17H27N3. The molecule has 4 saturated carbocycles. The van der Waals surface area contributed by atoms with Crippen molar-refractivity contribution in [3.63, 3.8) is 0 Å². The minimum Gasteiger partial charge on any atom is -0.311 e. The van der Waals surface area contributed by atoms with Crippen molar-refractivity contribution in [3.8, 4) is 0 Å². The minimum absolute atomic E-state index is 0.507.